The van der Waals surface area contributed by atoms with E-state index in [1.807, 2.05) is 20.8 Å². The van der Waals surface area contributed by atoms with Gasteiger partial charge < -0.3 is 4.74 Å². The number of hydrogen-bond donors (Lipinski definition) is 2. The van der Waals surface area contributed by atoms with Crippen LogP contribution in [-0.2, 0) is 5.41 Å². The van der Waals surface area contributed by atoms with Gasteiger partial charge in [0, 0.05) is 5.41 Å². The molecule has 6 heteroatoms. The number of aromatic nitrogens is 2. The zero-order chi connectivity index (χ0) is 14.8. The number of nitrogens with one attached hydrogen (secondary N) is 2. The topological polar surface area (TPSA) is 82.6 Å². The number of aromatic amines is 2. The number of H-pyrrole nitrogens is 2. The second-order valence-electron chi connectivity index (χ2n) is 5.45. The average molecular weight is 274 g/mol. The molecule has 106 valence electrons. The van der Waals surface area contributed by atoms with Gasteiger partial charge in [-0.05, 0) is 24.3 Å². The molecule has 0 fully saturated rings. The summed E-state index contributed by atoms with van der Waals surface area (Å²) in [5.74, 6) is 0.749. The molecule has 0 unspecified atom stereocenters. The van der Waals surface area contributed by atoms with Crippen molar-refractivity contribution in [2.75, 3.05) is 7.11 Å². The van der Waals surface area contributed by atoms with Gasteiger partial charge in [0.1, 0.15) is 5.75 Å². The molecule has 2 rings (SSSR count). The average Bonchev–Trinajstić information content (AvgIpc) is 2.78. The van der Waals surface area contributed by atoms with Crippen LogP contribution in [0, 0.1) is 0 Å². The summed E-state index contributed by atoms with van der Waals surface area (Å²) in [5, 5.41) is 13.6. The van der Waals surface area contributed by atoms with Crippen LogP contribution in [0.2, 0.25) is 0 Å². The summed E-state index contributed by atoms with van der Waals surface area (Å²) in [5.41, 5.74) is 1.22. The fourth-order valence-corrected chi connectivity index (χ4v) is 1.75. The van der Waals surface area contributed by atoms with Gasteiger partial charge in [-0.3, -0.25) is 15.0 Å². The molecule has 1 heterocycles. The Morgan fingerprint density at radius 3 is 2.25 bits per heavy atom. The summed E-state index contributed by atoms with van der Waals surface area (Å²) in [6, 6.07) is 7.14. The van der Waals surface area contributed by atoms with Crippen molar-refractivity contribution in [3.05, 3.63) is 40.3 Å². The van der Waals surface area contributed by atoms with Crippen LogP contribution < -0.4 is 10.3 Å². The van der Waals surface area contributed by atoms with Crippen LogP contribution in [0.5, 0.6) is 5.75 Å². The molecule has 1 aromatic heterocycles. The molecule has 2 N–H and O–H groups in total. The second-order valence-corrected chi connectivity index (χ2v) is 5.45. The first-order valence-corrected chi connectivity index (χ1v) is 6.29. The monoisotopic (exact) mass is 274 g/mol. The third-order valence-electron chi connectivity index (χ3n) is 2.84. The van der Waals surface area contributed by atoms with Gasteiger partial charge in [0.15, 0.2) is 5.69 Å². The lowest BCUT2D eigenvalue weighted by Gasteiger charge is -2.15. The van der Waals surface area contributed by atoms with Crippen LogP contribution in [0.3, 0.4) is 0 Å². The molecule has 1 aromatic carbocycles. The summed E-state index contributed by atoms with van der Waals surface area (Å²) >= 11 is 0. The molecular weight excluding hydrogens is 256 g/mol. The van der Waals surface area contributed by atoms with E-state index in [9.17, 15) is 4.79 Å². The standard InChI is InChI=1S/C14H18N4O2/c1-14(2,3)12-11(13(19)18-17-12)16-15-9-5-7-10(20-4)8-6-9/h5-8H,1-4H3,(H2,17,18,19). The molecule has 0 aliphatic carbocycles. The van der Waals surface area contributed by atoms with E-state index < -0.39 is 0 Å². The van der Waals surface area contributed by atoms with E-state index in [0.717, 1.165) is 11.4 Å². The zero-order valence-electron chi connectivity index (χ0n) is 12.0. The van der Waals surface area contributed by atoms with E-state index >= 15 is 0 Å². The first kappa shape index (κ1) is 14.0. The first-order valence-electron chi connectivity index (χ1n) is 6.29. The fraction of sp³-hybridized carbons (Fsp3) is 0.357. The maximum Gasteiger partial charge on any atom is 0.292 e. The first-order chi connectivity index (χ1) is 9.41. The number of ether oxygens (including phenoxy) is 1. The molecule has 0 aliphatic rings. The van der Waals surface area contributed by atoms with Gasteiger partial charge in [-0.15, -0.1) is 5.11 Å². The molecule has 0 spiro atoms. The van der Waals surface area contributed by atoms with Gasteiger partial charge in [0.25, 0.3) is 5.56 Å². The number of benzene rings is 1. The molecule has 0 amide bonds. The van der Waals surface area contributed by atoms with Gasteiger partial charge in [-0.2, -0.15) is 5.11 Å². The number of nitrogens with zero attached hydrogens (tertiary/aromatic N) is 2. The van der Waals surface area contributed by atoms with Crippen LogP contribution in [0.4, 0.5) is 11.4 Å². The van der Waals surface area contributed by atoms with Gasteiger partial charge >= 0.3 is 0 Å². The Morgan fingerprint density at radius 2 is 1.70 bits per heavy atom. The van der Waals surface area contributed by atoms with Crippen LogP contribution in [0.1, 0.15) is 26.5 Å². The summed E-state index contributed by atoms with van der Waals surface area (Å²) in [4.78, 5) is 11.7. The highest BCUT2D eigenvalue weighted by Crippen LogP contribution is 2.28. The van der Waals surface area contributed by atoms with Crippen molar-refractivity contribution in [3.8, 4) is 5.75 Å². The van der Waals surface area contributed by atoms with Gasteiger partial charge in [-0.1, -0.05) is 20.8 Å². The molecule has 6 nitrogen and oxygen atoms in total. The lowest BCUT2D eigenvalue weighted by Crippen LogP contribution is -2.12. The Morgan fingerprint density at radius 1 is 1.05 bits per heavy atom. The van der Waals surface area contributed by atoms with Crippen molar-refractivity contribution in [3.63, 3.8) is 0 Å². The number of methoxy groups -OCH3 is 1. The summed E-state index contributed by atoms with van der Waals surface area (Å²) in [6.07, 6.45) is 0. The number of hydrogen-bond acceptors (Lipinski definition) is 4. The quantitative estimate of drug-likeness (QED) is 0.840. The normalized spacial score (nSPS) is 12.0. The van der Waals surface area contributed by atoms with Crippen molar-refractivity contribution in [2.24, 2.45) is 10.2 Å². The molecule has 0 aliphatic heterocycles. The molecule has 20 heavy (non-hydrogen) atoms. The van der Waals surface area contributed by atoms with E-state index in [1.165, 1.54) is 0 Å². The smallest absolute Gasteiger partial charge is 0.292 e. The van der Waals surface area contributed by atoms with Crippen LogP contribution in [0.15, 0.2) is 39.3 Å². The van der Waals surface area contributed by atoms with Crippen LogP contribution in [0.25, 0.3) is 0 Å². The molecule has 0 atom stereocenters. The molecule has 0 saturated heterocycles. The van der Waals surface area contributed by atoms with E-state index in [1.54, 1.807) is 31.4 Å². The highest BCUT2D eigenvalue weighted by molar-refractivity contribution is 5.45. The molecule has 0 bridgehead atoms. The predicted molar refractivity (Wildman–Crippen MR) is 77.3 cm³/mol. The highest BCUT2D eigenvalue weighted by atomic mass is 16.5. The summed E-state index contributed by atoms with van der Waals surface area (Å²) in [7, 11) is 1.60. The molecule has 2 aromatic rings. The van der Waals surface area contributed by atoms with E-state index in [2.05, 4.69) is 20.4 Å². The van der Waals surface area contributed by atoms with Crippen molar-refractivity contribution in [1.29, 1.82) is 0 Å². The highest BCUT2D eigenvalue weighted by Gasteiger charge is 2.22. The van der Waals surface area contributed by atoms with Crippen molar-refractivity contribution in [2.45, 2.75) is 26.2 Å². The molecule has 0 saturated carbocycles. The lowest BCUT2D eigenvalue weighted by molar-refractivity contribution is 0.415. The minimum atomic E-state index is -0.271. The Hall–Kier alpha value is -2.37. The van der Waals surface area contributed by atoms with Crippen LogP contribution >= 0.6 is 0 Å². The minimum Gasteiger partial charge on any atom is -0.497 e. The summed E-state index contributed by atoms with van der Waals surface area (Å²) < 4.78 is 5.07. The van der Waals surface area contributed by atoms with E-state index in [-0.39, 0.29) is 11.0 Å². The van der Waals surface area contributed by atoms with Crippen LogP contribution in [-0.4, -0.2) is 17.3 Å². The Kier molecular flexibility index (Phi) is 3.74. The SMILES string of the molecule is COc1ccc(N=Nc2c(C(C)(C)C)[nH][nH]c2=O)cc1. The van der Waals surface area contributed by atoms with Gasteiger partial charge in [0.2, 0.25) is 0 Å². The zero-order valence-corrected chi connectivity index (χ0v) is 12.0. The van der Waals surface area contributed by atoms with Crippen molar-refractivity contribution < 1.29 is 4.74 Å². The van der Waals surface area contributed by atoms with E-state index in [4.69, 9.17) is 4.74 Å². The Bertz CT molecular complexity index is 660. The van der Waals surface area contributed by atoms with Gasteiger partial charge in [-0.25, -0.2) is 0 Å². The second kappa shape index (κ2) is 5.32. The third-order valence-corrected chi connectivity index (χ3v) is 2.84. The fourth-order valence-electron chi connectivity index (χ4n) is 1.75. The maximum atomic E-state index is 11.7. The molecular formula is C14H18N4O2. The Balaban J connectivity index is 2.31. The lowest BCUT2D eigenvalue weighted by atomic mass is 9.91. The Labute approximate surface area is 116 Å². The van der Waals surface area contributed by atoms with Crippen molar-refractivity contribution in [1.82, 2.24) is 10.2 Å². The van der Waals surface area contributed by atoms with Gasteiger partial charge in [0.05, 0.1) is 18.5 Å². The molecule has 0 radical (unpaired) electrons. The maximum absolute atomic E-state index is 11.7. The predicted octanol–water partition coefficient (Wildman–Crippen LogP) is 3.42. The number of azo groups is 1. The minimum absolute atomic E-state index is 0.215. The number of rotatable bonds is 3. The summed E-state index contributed by atoms with van der Waals surface area (Å²) in [6.45, 7) is 6.00. The van der Waals surface area contributed by atoms with Crippen molar-refractivity contribution >= 4 is 11.4 Å². The van der Waals surface area contributed by atoms with E-state index in [0.29, 0.717) is 11.4 Å². The largest absolute Gasteiger partial charge is 0.497 e. The third kappa shape index (κ3) is 2.96.